The van der Waals surface area contributed by atoms with Crippen LogP contribution in [0.25, 0.3) is 0 Å². The second-order valence-electron chi connectivity index (χ2n) is 7.84. The average molecular weight is 397 g/mol. The van der Waals surface area contributed by atoms with Gasteiger partial charge in [-0.15, -0.1) is 0 Å². The molecule has 3 aliphatic heterocycles. The van der Waals surface area contributed by atoms with E-state index in [0.29, 0.717) is 44.7 Å². The van der Waals surface area contributed by atoms with Crippen LogP contribution in [0.1, 0.15) is 54.4 Å². The van der Waals surface area contributed by atoms with E-state index in [1.54, 1.807) is 11.2 Å². The monoisotopic (exact) mass is 396 g/mol. The highest BCUT2D eigenvalue weighted by molar-refractivity contribution is 7.89. The quantitative estimate of drug-likeness (QED) is 0.758. The van der Waals surface area contributed by atoms with E-state index in [4.69, 9.17) is 4.74 Å². The second-order valence-corrected chi connectivity index (χ2v) is 10.1. The normalized spacial score (nSPS) is 23.0. The van der Waals surface area contributed by atoms with Gasteiger partial charge in [-0.3, -0.25) is 9.48 Å². The Kier molecular flexibility index (Phi) is 4.80. The van der Waals surface area contributed by atoms with Gasteiger partial charge in [-0.1, -0.05) is 0 Å². The SMILES string of the molecule is CCS(=O)(=O)N1CCC2(CC1)Cc1c(c(C(=O)N3CCCC3)nn1C)CO2. The van der Waals surface area contributed by atoms with E-state index in [1.807, 2.05) is 16.6 Å². The molecule has 150 valence electrons. The molecule has 1 amide bonds. The molecule has 27 heavy (non-hydrogen) atoms. The van der Waals surface area contributed by atoms with E-state index in [2.05, 4.69) is 5.10 Å². The average Bonchev–Trinajstić information content (AvgIpc) is 3.30. The maximum Gasteiger partial charge on any atom is 0.274 e. The molecule has 4 rings (SSSR count). The van der Waals surface area contributed by atoms with E-state index < -0.39 is 10.0 Å². The van der Waals surface area contributed by atoms with Gasteiger partial charge in [-0.05, 0) is 32.6 Å². The van der Waals surface area contributed by atoms with Gasteiger partial charge < -0.3 is 9.64 Å². The lowest BCUT2D eigenvalue weighted by molar-refractivity contribution is -0.0951. The number of aryl methyl sites for hydroxylation is 1. The fourth-order valence-electron chi connectivity index (χ4n) is 4.47. The molecule has 3 aliphatic rings. The van der Waals surface area contributed by atoms with Gasteiger partial charge in [0.25, 0.3) is 5.91 Å². The number of ether oxygens (including phenoxy) is 1. The van der Waals surface area contributed by atoms with E-state index in [-0.39, 0.29) is 17.3 Å². The minimum atomic E-state index is -3.15. The van der Waals surface area contributed by atoms with E-state index in [1.165, 1.54) is 0 Å². The molecule has 1 aromatic heterocycles. The van der Waals surface area contributed by atoms with Gasteiger partial charge in [0.15, 0.2) is 5.69 Å². The molecular formula is C18H28N4O4S. The number of nitrogens with zero attached hydrogens (tertiary/aromatic N) is 4. The Morgan fingerprint density at radius 3 is 2.48 bits per heavy atom. The first-order valence-electron chi connectivity index (χ1n) is 9.81. The Morgan fingerprint density at radius 1 is 1.19 bits per heavy atom. The third-order valence-electron chi connectivity index (χ3n) is 6.27. The molecule has 0 bridgehead atoms. The predicted molar refractivity (Wildman–Crippen MR) is 99.8 cm³/mol. The van der Waals surface area contributed by atoms with E-state index >= 15 is 0 Å². The Labute approximate surface area is 160 Å². The highest BCUT2D eigenvalue weighted by Crippen LogP contribution is 2.38. The third-order valence-corrected chi connectivity index (χ3v) is 8.16. The first-order chi connectivity index (χ1) is 12.9. The van der Waals surface area contributed by atoms with Crippen molar-refractivity contribution in [1.29, 1.82) is 0 Å². The highest BCUT2D eigenvalue weighted by Gasteiger charge is 2.43. The Hall–Kier alpha value is -1.45. The third kappa shape index (κ3) is 3.30. The molecule has 0 atom stereocenters. The zero-order valence-corrected chi connectivity index (χ0v) is 16.9. The lowest BCUT2D eigenvalue weighted by Crippen LogP contribution is -2.51. The van der Waals surface area contributed by atoms with Crippen molar-refractivity contribution in [2.45, 2.75) is 51.2 Å². The van der Waals surface area contributed by atoms with Gasteiger partial charge in [0.1, 0.15) is 0 Å². The summed E-state index contributed by atoms with van der Waals surface area (Å²) in [4.78, 5) is 14.7. The van der Waals surface area contributed by atoms with Crippen LogP contribution in [0.4, 0.5) is 0 Å². The molecule has 0 unspecified atom stereocenters. The van der Waals surface area contributed by atoms with Crippen molar-refractivity contribution in [3.63, 3.8) is 0 Å². The molecule has 2 fully saturated rings. The molecule has 9 heteroatoms. The van der Waals surface area contributed by atoms with Crippen molar-refractivity contribution in [2.24, 2.45) is 7.05 Å². The van der Waals surface area contributed by atoms with Crippen molar-refractivity contribution < 1.29 is 17.9 Å². The van der Waals surface area contributed by atoms with Crippen LogP contribution in [0.3, 0.4) is 0 Å². The fraction of sp³-hybridized carbons (Fsp3) is 0.778. The molecular weight excluding hydrogens is 368 g/mol. The zero-order valence-electron chi connectivity index (χ0n) is 16.1. The largest absolute Gasteiger partial charge is 0.370 e. The van der Waals surface area contributed by atoms with Crippen molar-refractivity contribution in [1.82, 2.24) is 19.0 Å². The molecule has 0 aromatic carbocycles. The van der Waals surface area contributed by atoms with Crippen LogP contribution in [0, 0.1) is 0 Å². The number of hydrogen-bond acceptors (Lipinski definition) is 5. The molecule has 1 aromatic rings. The Bertz CT molecular complexity index is 834. The number of carbonyl (C=O) groups is 1. The highest BCUT2D eigenvalue weighted by atomic mass is 32.2. The summed E-state index contributed by atoms with van der Waals surface area (Å²) in [6.45, 7) is 4.63. The van der Waals surface area contributed by atoms with Crippen molar-refractivity contribution in [3.8, 4) is 0 Å². The van der Waals surface area contributed by atoms with Crippen LogP contribution in [0.2, 0.25) is 0 Å². The summed E-state index contributed by atoms with van der Waals surface area (Å²) in [7, 11) is -1.27. The molecule has 2 saturated heterocycles. The summed E-state index contributed by atoms with van der Waals surface area (Å²) in [5, 5.41) is 4.52. The summed E-state index contributed by atoms with van der Waals surface area (Å²) < 4.78 is 33.9. The topological polar surface area (TPSA) is 84.7 Å². The van der Waals surface area contributed by atoms with Gasteiger partial charge in [-0.2, -0.15) is 5.10 Å². The molecule has 0 radical (unpaired) electrons. The van der Waals surface area contributed by atoms with Crippen LogP contribution in [0.15, 0.2) is 0 Å². The molecule has 4 heterocycles. The predicted octanol–water partition coefficient (Wildman–Crippen LogP) is 0.913. The molecule has 8 nitrogen and oxygen atoms in total. The van der Waals surface area contributed by atoms with E-state index in [0.717, 1.165) is 37.2 Å². The van der Waals surface area contributed by atoms with Crippen molar-refractivity contribution in [3.05, 3.63) is 17.0 Å². The molecule has 0 N–H and O–H groups in total. The fourth-order valence-corrected chi connectivity index (χ4v) is 5.58. The van der Waals surface area contributed by atoms with Crippen LogP contribution < -0.4 is 0 Å². The number of likely N-dealkylation sites (tertiary alicyclic amines) is 1. The standard InChI is InChI=1S/C18H28N4O4S/c1-3-27(24,25)22-10-6-18(7-11-22)12-15-14(13-26-18)16(19-20(15)2)17(23)21-8-4-5-9-21/h3-13H2,1-2H3. The summed E-state index contributed by atoms with van der Waals surface area (Å²) in [5.74, 6) is 0.141. The van der Waals surface area contributed by atoms with Crippen LogP contribution in [0.5, 0.6) is 0 Å². The summed E-state index contributed by atoms with van der Waals surface area (Å²) in [6.07, 6.45) is 4.13. The first kappa shape index (κ1) is 18.9. The van der Waals surface area contributed by atoms with Crippen LogP contribution >= 0.6 is 0 Å². The molecule has 0 aliphatic carbocycles. The molecule has 1 spiro atoms. The van der Waals surface area contributed by atoms with Gasteiger partial charge in [-0.25, -0.2) is 12.7 Å². The lowest BCUT2D eigenvalue weighted by Gasteiger charge is -2.43. The second kappa shape index (κ2) is 6.86. The number of hydrogen-bond donors (Lipinski definition) is 0. The van der Waals surface area contributed by atoms with Gasteiger partial charge in [0, 0.05) is 50.9 Å². The van der Waals surface area contributed by atoms with Gasteiger partial charge in [0.05, 0.1) is 18.0 Å². The lowest BCUT2D eigenvalue weighted by atomic mass is 9.84. The minimum Gasteiger partial charge on any atom is -0.370 e. The summed E-state index contributed by atoms with van der Waals surface area (Å²) >= 11 is 0. The van der Waals surface area contributed by atoms with Crippen LogP contribution in [-0.4, -0.2) is 70.8 Å². The zero-order chi connectivity index (χ0) is 19.2. The molecule has 0 saturated carbocycles. The summed E-state index contributed by atoms with van der Waals surface area (Å²) in [5.41, 5.74) is 2.13. The smallest absolute Gasteiger partial charge is 0.274 e. The maximum atomic E-state index is 12.8. The Morgan fingerprint density at radius 2 is 1.85 bits per heavy atom. The van der Waals surface area contributed by atoms with Crippen molar-refractivity contribution >= 4 is 15.9 Å². The van der Waals surface area contributed by atoms with Gasteiger partial charge in [0.2, 0.25) is 10.0 Å². The van der Waals surface area contributed by atoms with E-state index in [9.17, 15) is 13.2 Å². The van der Waals surface area contributed by atoms with Crippen LogP contribution in [-0.2, 0) is 34.8 Å². The van der Waals surface area contributed by atoms with Crippen molar-refractivity contribution in [2.75, 3.05) is 31.9 Å². The maximum absolute atomic E-state index is 12.8. The number of sulfonamides is 1. The summed E-state index contributed by atoms with van der Waals surface area (Å²) in [6, 6.07) is 0. The first-order valence-corrected chi connectivity index (χ1v) is 11.4. The number of rotatable bonds is 3. The minimum absolute atomic E-state index is 0.00718. The number of carbonyl (C=O) groups excluding carboxylic acids is 1. The number of piperidine rings is 1. The van der Waals surface area contributed by atoms with Gasteiger partial charge >= 0.3 is 0 Å². The number of amides is 1. The number of aromatic nitrogens is 2. The number of fused-ring (bicyclic) bond motifs is 1. The Balaban J connectivity index is 1.52.